The summed E-state index contributed by atoms with van der Waals surface area (Å²) in [5.41, 5.74) is 3.37. The van der Waals surface area contributed by atoms with E-state index in [0.29, 0.717) is 6.42 Å². The van der Waals surface area contributed by atoms with E-state index < -0.39 is 0 Å². The van der Waals surface area contributed by atoms with E-state index in [2.05, 4.69) is 43.3 Å². The predicted molar refractivity (Wildman–Crippen MR) is 104 cm³/mol. The van der Waals surface area contributed by atoms with Gasteiger partial charge in [-0.2, -0.15) is 0 Å². The summed E-state index contributed by atoms with van der Waals surface area (Å²) in [7, 11) is 4.13. The average molecular weight is 352 g/mol. The number of hydrogen-bond acceptors (Lipinski definition) is 3. The van der Waals surface area contributed by atoms with Crippen LogP contribution in [-0.4, -0.2) is 41.5 Å². The van der Waals surface area contributed by atoms with Gasteiger partial charge in [0.1, 0.15) is 5.75 Å². The summed E-state index contributed by atoms with van der Waals surface area (Å²) >= 11 is 0. The molecule has 0 unspecified atom stereocenters. The molecule has 0 aliphatic carbocycles. The second-order valence-electron chi connectivity index (χ2n) is 7.42. The number of carbonyl (C=O) groups excluding carboxylic acids is 1. The second kappa shape index (κ2) is 8.37. The molecule has 0 saturated carbocycles. The van der Waals surface area contributed by atoms with Crippen molar-refractivity contribution in [3.8, 4) is 5.75 Å². The summed E-state index contributed by atoms with van der Waals surface area (Å²) < 4.78 is 0. The van der Waals surface area contributed by atoms with Gasteiger partial charge in [0.2, 0.25) is 5.91 Å². The van der Waals surface area contributed by atoms with Crippen molar-refractivity contribution in [2.45, 2.75) is 38.3 Å². The first-order valence-electron chi connectivity index (χ1n) is 9.34. The van der Waals surface area contributed by atoms with Crippen LogP contribution in [0.3, 0.4) is 0 Å². The van der Waals surface area contributed by atoms with Crippen LogP contribution in [0, 0.1) is 0 Å². The summed E-state index contributed by atoms with van der Waals surface area (Å²) in [6.45, 7) is 1.73. The molecule has 1 fully saturated rings. The van der Waals surface area contributed by atoms with Crippen molar-refractivity contribution in [1.82, 2.24) is 9.80 Å². The molecule has 26 heavy (non-hydrogen) atoms. The van der Waals surface area contributed by atoms with Crippen LogP contribution in [0.15, 0.2) is 48.5 Å². The van der Waals surface area contributed by atoms with Crippen molar-refractivity contribution in [1.29, 1.82) is 0 Å². The van der Waals surface area contributed by atoms with Crippen molar-refractivity contribution < 1.29 is 9.90 Å². The van der Waals surface area contributed by atoms with E-state index in [-0.39, 0.29) is 17.7 Å². The van der Waals surface area contributed by atoms with E-state index in [1.54, 1.807) is 18.2 Å². The van der Waals surface area contributed by atoms with Crippen LogP contribution in [-0.2, 0) is 17.8 Å². The molecule has 1 saturated heterocycles. The molecule has 2 aromatic rings. The van der Waals surface area contributed by atoms with Gasteiger partial charge in [0.25, 0.3) is 0 Å². The molecule has 1 aliphatic rings. The molecule has 3 rings (SSSR count). The maximum Gasteiger partial charge on any atom is 0.227 e. The maximum atomic E-state index is 12.9. The molecule has 1 aliphatic heterocycles. The van der Waals surface area contributed by atoms with Gasteiger partial charge in [0, 0.05) is 13.1 Å². The molecule has 0 radical (unpaired) electrons. The molecular weight excluding hydrogens is 324 g/mol. The number of amides is 1. The smallest absolute Gasteiger partial charge is 0.227 e. The van der Waals surface area contributed by atoms with Crippen LogP contribution in [0.4, 0.5) is 0 Å². The van der Waals surface area contributed by atoms with Crippen LogP contribution < -0.4 is 0 Å². The Bertz CT molecular complexity index is 740. The fourth-order valence-corrected chi connectivity index (χ4v) is 3.73. The summed E-state index contributed by atoms with van der Waals surface area (Å²) in [4.78, 5) is 17.1. The van der Waals surface area contributed by atoms with E-state index in [0.717, 1.165) is 37.9 Å². The van der Waals surface area contributed by atoms with Crippen LogP contribution in [0.2, 0.25) is 0 Å². The zero-order valence-electron chi connectivity index (χ0n) is 15.7. The first kappa shape index (κ1) is 18.5. The quantitative estimate of drug-likeness (QED) is 0.891. The van der Waals surface area contributed by atoms with Gasteiger partial charge >= 0.3 is 0 Å². The topological polar surface area (TPSA) is 43.8 Å². The zero-order chi connectivity index (χ0) is 18.5. The van der Waals surface area contributed by atoms with Crippen LogP contribution in [0.1, 0.15) is 42.0 Å². The van der Waals surface area contributed by atoms with Crippen molar-refractivity contribution in [2.24, 2.45) is 0 Å². The van der Waals surface area contributed by atoms with E-state index >= 15 is 0 Å². The summed E-state index contributed by atoms with van der Waals surface area (Å²) in [5, 5.41) is 9.63. The van der Waals surface area contributed by atoms with Gasteiger partial charge in [-0.15, -0.1) is 0 Å². The van der Waals surface area contributed by atoms with Gasteiger partial charge in [0.05, 0.1) is 12.5 Å². The first-order valence-corrected chi connectivity index (χ1v) is 9.34. The lowest BCUT2D eigenvalue weighted by Crippen LogP contribution is -2.39. The molecule has 1 amide bonds. The highest BCUT2D eigenvalue weighted by atomic mass is 16.3. The first-order chi connectivity index (χ1) is 12.5. The van der Waals surface area contributed by atoms with E-state index in [1.807, 2.05) is 11.0 Å². The molecule has 4 nitrogen and oxygen atoms in total. The summed E-state index contributed by atoms with van der Waals surface area (Å²) in [6, 6.07) is 15.8. The fraction of sp³-hybridized carbons (Fsp3) is 0.409. The molecular formula is C22H28N2O2. The van der Waals surface area contributed by atoms with E-state index in [4.69, 9.17) is 0 Å². The lowest BCUT2D eigenvalue weighted by Gasteiger charge is -2.36. The number of likely N-dealkylation sites (tertiary alicyclic amines) is 1. The highest BCUT2D eigenvalue weighted by molar-refractivity contribution is 5.79. The summed E-state index contributed by atoms with van der Waals surface area (Å²) in [5.74, 6) is 0.347. The number of rotatable bonds is 5. The molecule has 0 spiro atoms. The number of hydrogen-bond donors (Lipinski definition) is 1. The highest BCUT2D eigenvalue weighted by Gasteiger charge is 2.27. The SMILES string of the molecule is CN(C)Cc1ccc([C@@H]2CCCCN2C(=O)Cc2cccc(O)c2)cc1. The molecule has 1 heterocycles. The minimum absolute atomic E-state index is 0.137. The molecule has 4 heteroatoms. The number of phenols is 1. The van der Waals surface area contributed by atoms with Gasteiger partial charge in [-0.05, 0) is 62.2 Å². The number of aromatic hydroxyl groups is 1. The molecule has 1 N–H and O–H groups in total. The number of nitrogens with zero attached hydrogens (tertiary/aromatic N) is 2. The van der Waals surface area contributed by atoms with Gasteiger partial charge < -0.3 is 14.9 Å². The molecule has 1 atom stereocenters. The summed E-state index contributed by atoms with van der Waals surface area (Å²) in [6.07, 6.45) is 3.56. The van der Waals surface area contributed by atoms with E-state index in [1.165, 1.54) is 11.1 Å². The third-order valence-corrected chi connectivity index (χ3v) is 4.95. The average Bonchev–Trinajstić information content (AvgIpc) is 2.62. The Hall–Kier alpha value is -2.33. The van der Waals surface area contributed by atoms with Crippen LogP contribution in [0.25, 0.3) is 0 Å². The van der Waals surface area contributed by atoms with Gasteiger partial charge in [-0.1, -0.05) is 36.4 Å². The predicted octanol–water partition coefficient (Wildman–Crippen LogP) is 3.75. The van der Waals surface area contributed by atoms with Crippen molar-refractivity contribution in [2.75, 3.05) is 20.6 Å². The Morgan fingerprint density at radius 3 is 2.58 bits per heavy atom. The van der Waals surface area contributed by atoms with Gasteiger partial charge in [-0.3, -0.25) is 4.79 Å². The maximum absolute atomic E-state index is 12.9. The lowest BCUT2D eigenvalue weighted by atomic mass is 9.93. The van der Waals surface area contributed by atoms with E-state index in [9.17, 15) is 9.90 Å². The standard InChI is InChI=1S/C22H28N2O2/c1-23(2)16-17-9-11-19(12-10-17)21-8-3-4-13-24(21)22(26)15-18-6-5-7-20(25)14-18/h5-7,9-12,14,21,25H,3-4,8,13,15-16H2,1-2H3/t21-/m0/s1. The molecule has 138 valence electrons. The Kier molecular flexibility index (Phi) is 5.94. The molecule has 0 bridgehead atoms. The Labute approximate surface area is 156 Å². The second-order valence-corrected chi connectivity index (χ2v) is 7.42. The van der Waals surface area contributed by atoms with Gasteiger partial charge in [-0.25, -0.2) is 0 Å². The van der Waals surface area contributed by atoms with Crippen molar-refractivity contribution >= 4 is 5.91 Å². The molecule has 0 aromatic heterocycles. The largest absolute Gasteiger partial charge is 0.508 e. The van der Waals surface area contributed by atoms with Crippen LogP contribution in [0.5, 0.6) is 5.75 Å². The fourth-order valence-electron chi connectivity index (χ4n) is 3.73. The Morgan fingerprint density at radius 2 is 1.88 bits per heavy atom. The van der Waals surface area contributed by atoms with Crippen LogP contribution >= 0.6 is 0 Å². The lowest BCUT2D eigenvalue weighted by molar-refractivity contribution is -0.134. The Morgan fingerprint density at radius 1 is 1.12 bits per heavy atom. The highest BCUT2D eigenvalue weighted by Crippen LogP contribution is 2.31. The monoisotopic (exact) mass is 352 g/mol. The third kappa shape index (κ3) is 4.64. The minimum Gasteiger partial charge on any atom is -0.508 e. The van der Waals surface area contributed by atoms with Gasteiger partial charge in [0.15, 0.2) is 0 Å². The number of piperidine rings is 1. The Balaban J connectivity index is 1.73. The van der Waals surface area contributed by atoms with Crippen molar-refractivity contribution in [3.05, 3.63) is 65.2 Å². The zero-order valence-corrected chi connectivity index (χ0v) is 15.7. The normalized spacial score (nSPS) is 17.5. The number of benzene rings is 2. The third-order valence-electron chi connectivity index (χ3n) is 4.95. The number of carbonyl (C=O) groups is 1. The minimum atomic E-state index is 0.137. The van der Waals surface area contributed by atoms with Crippen molar-refractivity contribution in [3.63, 3.8) is 0 Å². The molecule has 2 aromatic carbocycles. The number of phenolic OH excluding ortho intramolecular Hbond substituents is 1.